The quantitative estimate of drug-likeness (QED) is 0.332. The Hall–Kier alpha value is -0.500. The van der Waals surface area contributed by atoms with Gasteiger partial charge < -0.3 is 19.8 Å². The van der Waals surface area contributed by atoms with Gasteiger partial charge in [0.1, 0.15) is 6.10 Å². The van der Waals surface area contributed by atoms with Gasteiger partial charge in [-0.15, -0.1) is 0 Å². The van der Waals surface area contributed by atoms with Gasteiger partial charge in [0.15, 0.2) is 0 Å². The van der Waals surface area contributed by atoms with Crippen LogP contribution in [0, 0.1) is 0 Å². The minimum Gasteiger partial charge on any atom is -0.394 e. The molecule has 0 aliphatic rings. The Labute approximate surface area is 79.0 Å². The van der Waals surface area contributed by atoms with Crippen molar-refractivity contribution < 1.29 is 39.0 Å². The Bertz CT molecular complexity index is 234. The zero-order valence-electron chi connectivity index (χ0n) is 6.98. The maximum atomic E-state index is 10.6. The summed E-state index contributed by atoms with van der Waals surface area (Å²) in [6.45, 7) is -0.773. The van der Waals surface area contributed by atoms with Crippen LogP contribution < -0.4 is 0 Å². The summed E-state index contributed by atoms with van der Waals surface area (Å²) in [5, 5.41) is 26.0. The van der Waals surface area contributed by atoms with Crippen molar-refractivity contribution in [1.82, 2.24) is 0 Å². The Morgan fingerprint density at radius 1 is 1.29 bits per heavy atom. The highest BCUT2D eigenvalue weighted by atomic mass is 31.2. The maximum Gasteiger partial charge on any atom is 0.526 e. The zero-order chi connectivity index (χ0) is 11.4. The number of phosphoric ester groups is 1. The monoisotopic (exact) mass is 230 g/mol. The van der Waals surface area contributed by atoms with Crippen LogP contribution in [0.25, 0.3) is 0 Å². The molecule has 0 spiro atoms. The predicted octanol–water partition coefficient (Wildman–Crippen LogP) is -2.27. The normalized spacial score (nSPS) is 16.1. The van der Waals surface area contributed by atoms with Gasteiger partial charge in [-0.05, 0) is 0 Å². The van der Waals surface area contributed by atoms with Crippen molar-refractivity contribution in [2.24, 2.45) is 0 Å². The van der Waals surface area contributed by atoms with Crippen molar-refractivity contribution >= 4 is 13.8 Å². The van der Waals surface area contributed by atoms with Gasteiger partial charge in [0.2, 0.25) is 0 Å². The van der Waals surface area contributed by atoms with E-state index in [2.05, 4.69) is 4.52 Å². The van der Waals surface area contributed by atoms with E-state index in [0.717, 1.165) is 0 Å². The third kappa shape index (κ3) is 6.03. The lowest BCUT2D eigenvalue weighted by molar-refractivity contribution is -0.140. The van der Waals surface area contributed by atoms with Crippen molar-refractivity contribution in [2.75, 3.05) is 6.61 Å². The topological polar surface area (TPSA) is 145 Å². The van der Waals surface area contributed by atoms with Crippen molar-refractivity contribution in [2.45, 2.75) is 18.6 Å². The summed E-state index contributed by atoms with van der Waals surface area (Å²) < 4.78 is 13.7. The number of aliphatic hydroxyl groups is 3. The molecule has 84 valence electrons. The second-order valence-corrected chi connectivity index (χ2v) is 3.64. The highest BCUT2D eigenvalue weighted by molar-refractivity contribution is 7.46. The SMILES string of the molecule is O=C(CC(O)C(O)CO)OP(=O)(O)O. The first-order chi connectivity index (χ1) is 6.26. The van der Waals surface area contributed by atoms with E-state index < -0.39 is 39.0 Å². The van der Waals surface area contributed by atoms with E-state index in [-0.39, 0.29) is 0 Å². The molecule has 0 aromatic rings. The fourth-order valence-electron chi connectivity index (χ4n) is 0.598. The van der Waals surface area contributed by atoms with E-state index >= 15 is 0 Å². The molecule has 0 aliphatic heterocycles. The summed E-state index contributed by atoms with van der Waals surface area (Å²) in [5.74, 6) is -1.36. The summed E-state index contributed by atoms with van der Waals surface area (Å²) in [6.07, 6.45) is -3.99. The Morgan fingerprint density at radius 2 is 1.79 bits per heavy atom. The number of carbonyl (C=O) groups is 1. The van der Waals surface area contributed by atoms with Crippen LogP contribution in [0.15, 0.2) is 0 Å². The molecule has 0 amide bonds. The Balaban J connectivity index is 4.01. The van der Waals surface area contributed by atoms with Crippen molar-refractivity contribution in [3.8, 4) is 0 Å². The molecule has 0 aromatic heterocycles. The second-order valence-electron chi connectivity index (χ2n) is 2.48. The molecular weight excluding hydrogens is 219 g/mol. The summed E-state index contributed by atoms with van der Waals surface area (Å²) >= 11 is 0. The number of phosphoric acid groups is 1. The third-order valence-corrected chi connectivity index (χ3v) is 1.67. The molecule has 0 saturated heterocycles. The molecular formula is C5H11O8P. The highest BCUT2D eigenvalue weighted by Gasteiger charge is 2.25. The fourth-order valence-corrected chi connectivity index (χ4v) is 0.938. The van der Waals surface area contributed by atoms with Crippen LogP contribution in [0.3, 0.4) is 0 Å². The molecule has 5 N–H and O–H groups in total. The van der Waals surface area contributed by atoms with Gasteiger partial charge in [0.05, 0.1) is 19.1 Å². The van der Waals surface area contributed by atoms with Crippen LogP contribution in [0.1, 0.15) is 6.42 Å². The molecule has 2 unspecified atom stereocenters. The third-order valence-electron chi connectivity index (χ3n) is 1.23. The van der Waals surface area contributed by atoms with Crippen LogP contribution in [0.4, 0.5) is 0 Å². The predicted molar refractivity (Wildman–Crippen MR) is 41.9 cm³/mol. The molecule has 0 fully saturated rings. The van der Waals surface area contributed by atoms with Crippen LogP contribution in [0.2, 0.25) is 0 Å². The average molecular weight is 230 g/mol. The van der Waals surface area contributed by atoms with Crippen molar-refractivity contribution in [3.05, 3.63) is 0 Å². The van der Waals surface area contributed by atoms with E-state index in [1.165, 1.54) is 0 Å². The molecule has 8 nitrogen and oxygen atoms in total. The standard InChI is InChI=1S/C5H11O8P/c6-2-4(8)3(7)1-5(9)13-14(10,11)12/h3-4,6-8H,1-2H2,(H2,10,11,12). The second kappa shape index (κ2) is 5.40. The van der Waals surface area contributed by atoms with E-state index in [9.17, 15) is 9.36 Å². The van der Waals surface area contributed by atoms with Crippen molar-refractivity contribution in [1.29, 1.82) is 0 Å². The first kappa shape index (κ1) is 13.5. The lowest BCUT2D eigenvalue weighted by Crippen LogP contribution is -2.31. The van der Waals surface area contributed by atoms with E-state index in [0.29, 0.717) is 0 Å². The van der Waals surface area contributed by atoms with Gasteiger partial charge in [-0.3, -0.25) is 14.6 Å². The number of hydrogen-bond donors (Lipinski definition) is 5. The largest absolute Gasteiger partial charge is 0.526 e. The van der Waals surface area contributed by atoms with E-state index in [1.54, 1.807) is 0 Å². The van der Waals surface area contributed by atoms with Crippen LogP contribution in [0.5, 0.6) is 0 Å². The first-order valence-corrected chi connectivity index (χ1v) is 5.04. The van der Waals surface area contributed by atoms with Crippen LogP contribution >= 0.6 is 7.82 Å². The van der Waals surface area contributed by atoms with Gasteiger partial charge >= 0.3 is 13.8 Å². The number of carbonyl (C=O) groups excluding carboxylic acids is 1. The summed E-state index contributed by atoms with van der Waals surface area (Å²) in [6, 6.07) is 0. The molecule has 0 rings (SSSR count). The van der Waals surface area contributed by atoms with Gasteiger partial charge in [-0.25, -0.2) is 4.57 Å². The molecule has 0 saturated carbocycles. The zero-order valence-corrected chi connectivity index (χ0v) is 7.87. The smallest absolute Gasteiger partial charge is 0.394 e. The molecule has 2 atom stereocenters. The van der Waals surface area contributed by atoms with Crippen LogP contribution in [-0.4, -0.2) is 49.9 Å². The number of rotatable bonds is 5. The first-order valence-electron chi connectivity index (χ1n) is 3.51. The number of hydrogen-bond acceptors (Lipinski definition) is 6. The molecule has 0 radical (unpaired) electrons. The fraction of sp³-hybridized carbons (Fsp3) is 0.800. The molecule has 9 heteroatoms. The molecule has 0 bridgehead atoms. The molecule has 0 aromatic carbocycles. The molecule has 0 heterocycles. The lowest BCUT2D eigenvalue weighted by atomic mass is 10.1. The van der Waals surface area contributed by atoms with Gasteiger partial charge in [0.25, 0.3) is 0 Å². The van der Waals surface area contributed by atoms with Gasteiger partial charge in [0, 0.05) is 0 Å². The Morgan fingerprint density at radius 3 is 2.14 bits per heavy atom. The van der Waals surface area contributed by atoms with Crippen molar-refractivity contribution in [3.63, 3.8) is 0 Å². The molecule has 0 aliphatic carbocycles. The van der Waals surface area contributed by atoms with E-state index in [4.69, 9.17) is 25.1 Å². The summed E-state index contributed by atoms with van der Waals surface area (Å²) in [5.41, 5.74) is 0. The van der Waals surface area contributed by atoms with Gasteiger partial charge in [-0.1, -0.05) is 0 Å². The summed E-state index contributed by atoms with van der Waals surface area (Å²) in [4.78, 5) is 27.0. The van der Waals surface area contributed by atoms with E-state index in [1.807, 2.05) is 0 Å². The maximum absolute atomic E-state index is 10.6. The Kier molecular flexibility index (Phi) is 5.21. The summed E-state index contributed by atoms with van der Waals surface area (Å²) in [7, 11) is -4.92. The highest BCUT2D eigenvalue weighted by Crippen LogP contribution is 2.36. The lowest BCUT2D eigenvalue weighted by Gasteiger charge is -2.14. The molecule has 14 heavy (non-hydrogen) atoms. The minimum atomic E-state index is -4.92. The minimum absolute atomic E-state index is 0.773. The average Bonchev–Trinajstić information content (AvgIpc) is 1.99. The number of aliphatic hydroxyl groups excluding tert-OH is 3. The van der Waals surface area contributed by atoms with Gasteiger partial charge in [-0.2, -0.15) is 0 Å². The van der Waals surface area contributed by atoms with Crippen LogP contribution in [-0.2, 0) is 13.9 Å².